The maximum atomic E-state index is 10.2. The highest BCUT2D eigenvalue weighted by Crippen LogP contribution is 2.22. The average Bonchev–Trinajstić information content (AvgIpc) is 2.60. The smallest absolute Gasteiger partial charge is 0.193 e. The van der Waals surface area contributed by atoms with Gasteiger partial charge >= 0.3 is 0 Å². The zero-order chi connectivity index (χ0) is 17.5. The van der Waals surface area contributed by atoms with Crippen LogP contribution >= 0.6 is 24.0 Å². The Morgan fingerprint density at radius 2 is 1.64 bits per heavy atom. The second-order valence-corrected chi connectivity index (χ2v) is 5.94. The molecule has 0 aliphatic carbocycles. The number of para-hydroxylation sites is 1. The number of anilines is 1. The first-order valence-corrected chi connectivity index (χ1v) is 8.47. The minimum atomic E-state index is -0.655. The minimum absolute atomic E-state index is 0. The molecule has 2 aromatic carbocycles. The number of aliphatic imine (C=N–C) groups is 1. The standard InChI is InChI=1S/C20H27N3O.HI/c1-4-15-7-6-8-16(5-2)19(15)23-20(21)22-13-18(24)17-11-9-14(3)10-12-17;/h6-12,18,24H,4-5,13H2,1-3H3,(H3,21,22,23);1H. The van der Waals surface area contributed by atoms with E-state index in [0.717, 1.165) is 24.1 Å². The molecule has 0 heterocycles. The Bertz CT molecular complexity index is 676. The molecule has 0 amide bonds. The topological polar surface area (TPSA) is 70.6 Å². The molecule has 0 aromatic heterocycles. The predicted octanol–water partition coefficient (Wildman–Crippen LogP) is 4.20. The zero-order valence-electron chi connectivity index (χ0n) is 15.1. The van der Waals surface area contributed by atoms with E-state index < -0.39 is 6.10 Å². The number of hydrogen-bond donors (Lipinski definition) is 3. The van der Waals surface area contributed by atoms with E-state index >= 15 is 0 Å². The van der Waals surface area contributed by atoms with E-state index in [-0.39, 0.29) is 30.5 Å². The maximum Gasteiger partial charge on any atom is 0.193 e. The van der Waals surface area contributed by atoms with E-state index in [0.29, 0.717) is 5.96 Å². The van der Waals surface area contributed by atoms with Crippen molar-refractivity contribution in [2.75, 3.05) is 11.9 Å². The van der Waals surface area contributed by atoms with Gasteiger partial charge in [0.2, 0.25) is 0 Å². The van der Waals surface area contributed by atoms with Gasteiger partial charge < -0.3 is 16.2 Å². The van der Waals surface area contributed by atoms with Crippen molar-refractivity contribution < 1.29 is 5.11 Å². The van der Waals surface area contributed by atoms with Gasteiger partial charge in [0, 0.05) is 5.69 Å². The molecule has 2 rings (SSSR count). The monoisotopic (exact) mass is 453 g/mol. The van der Waals surface area contributed by atoms with Crippen LogP contribution in [0.3, 0.4) is 0 Å². The first kappa shape index (κ1) is 21.4. The predicted molar refractivity (Wildman–Crippen MR) is 117 cm³/mol. The maximum absolute atomic E-state index is 10.2. The van der Waals surface area contributed by atoms with Crippen molar-refractivity contribution in [2.24, 2.45) is 10.7 Å². The van der Waals surface area contributed by atoms with Crippen LogP contribution in [0.1, 0.15) is 42.2 Å². The van der Waals surface area contributed by atoms with Gasteiger partial charge in [0.15, 0.2) is 5.96 Å². The number of hydrogen-bond acceptors (Lipinski definition) is 2. The summed E-state index contributed by atoms with van der Waals surface area (Å²) in [6, 6.07) is 14.0. The van der Waals surface area contributed by atoms with Crippen LogP contribution in [0.2, 0.25) is 0 Å². The number of halogens is 1. The molecule has 5 heteroatoms. The third-order valence-corrected chi connectivity index (χ3v) is 4.15. The van der Waals surface area contributed by atoms with Gasteiger partial charge in [-0.3, -0.25) is 4.99 Å². The number of nitrogens with one attached hydrogen (secondary N) is 1. The van der Waals surface area contributed by atoms with Crippen LogP contribution in [0.5, 0.6) is 0 Å². The second-order valence-electron chi connectivity index (χ2n) is 5.94. The molecule has 0 bridgehead atoms. The molecule has 0 saturated heterocycles. The van der Waals surface area contributed by atoms with Crippen LogP contribution in [-0.4, -0.2) is 17.6 Å². The van der Waals surface area contributed by atoms with Crippen LogP contribution in [0.4, 0.5) is 5.69 Å². The lowest BCUT2D eigenvalue weighted by molar-refractivity contribution is 0.187. The molecule has 0 fully saturated rings. The Morgan fingerprint density at radius 3 is 2.16 bits per heavy atom. The van der Waals surface area contributed by atoms with Crippen molar-refractivity contribution in [1.29, 1.82) is 0 Å². The van der Waals surface area contributed by atoms with E-state index in [4.69, 9.17) is 5.73 Å². The lowest BCUT2D eigenvalue weighted by atomic mass is 10.0. The number of rotatable bonds is 6. The number of aryl methyl sites for hydroxylation is 3. The van der Waals surface area contributed by atoms with Crippen LogP contribution in [-0.2, 0) is 12.8 Å². The van der Waals surface area contributed by atoms with Gasteiger partial charge in [-0.25, -0.2) is 0 Å². The first-order valence-electron chi connectivity index (χ1n) is 8.47. The summed E-state index contributed by atoms with van der Waals surface area (Å²) in [4.78, 5) is 4.30. The molecule has 2 aromatic rings. The third kappa shape index (κ3) is 6.01. The number of nitrogens with zero attached hydrogens (tertiary/aromatic N) is 1. The van der Waals surface area contributed by atoms with Gasteiger partial charge in [-0.05, 0) is 36.5 Å². The Kier molecular flexibility index (Phi) is 8.92. The van der Waals surface area contributed by atoms with Crippen LogP contribution < -0.4 is 11.1 Å². The summed E-state index contributed by atoms with van der Waals surface area (Å²) in [5, 5.41) is 13.5. The van der Waals surface area contributed by atoms with Gasteiger partial charge in [0.1, 0.15) is 0 Å². The molecule has 25 heavy (non-hydrogen) atoms. The molecular formula is C20H28IN3O. The summed E-state index contributed by atoms with van der Waals surface area (Å²) >= 11 is 0. The molecule has 0 radical (unpaired) electrons. The van der Waals surface area contributed by atoms with Crippen LogP contribution in [0.25, 0.3) is 0 Å². The molecule has 4 N–H and O–H groups in total. The Morgan fingerprint density at radius 1 is 1.08 bits per heavy atom. The fourth-order valence-corrected chi connectivity index (χ4v) is 2.65. The number of aliphatic hydroxyl groups is 1. The van der Waals surface area contributed by atoms with E-state index in [1.807, 2.05) is 31.2 Å². The van der Waals surface area contributed by atoms with Crippen molar-refractivity contribution in [3.05, 3.63) is 64.7 Å². The van der Waals surface area contributed by atoms with Crippen molar-refractivity contribution in [3.63, 3.8) is 0 Å². The highest BCUT2D eigenvalue weighted by atomic mass is 127. The van der Waals surface area contributed by atoms with E-state index in [1.165, 1.54) is 16.7 Å². The highest BCUT2D eigenvalue weighted by Gasteiger charge is 2.09. The number of benzene rings is 2. The Balaban J connectivity index is 0.00000312. The zero-order valence-corrected chi connectivity index (χ0v) is 17.5. The van der Waals surface area contributed by atoms with Gasteiger partial charge in [-0.2, -0.15) is 0 Å². The fraction of sp³-hybridized carbons (Fsp3) is 0.350. The summed E-state index contributed by atoms with van der Waals surface area (Å²) in [6.07, 6.45) is 1.20. The summed E-state index contributed by atoms with van der Waals surface area (Å²) in [5.74, 6) is 0.330. The SMILES string of the molecule is CCc1cccc(CC)c1NC(N)=NCC(O)c1ccc(C)cc1.I. The Hall–Kier alpha value is -1.60. The number of guanidine groups is 1. The molecule has 1 atom stereocenters. The second kappa shape index (κ2) is 10.4. The van der Waals surface area contributed by atoms with Crippen molar-refractivity contribution in [2.45, 2.75) is 39.7 Å². The van der Waals surface area contributed by atoms with Crippen molar-refractivity contribution in [1.82, 2.24) is 0 Å². The molecule has 1 unspecified atom stereocenters. The third-order valence-electron chi connectivity index (χ3n) is 4.15. The molecule has 0 aliphatic rings. The molecule has 0 aliphatic heterocycles. The van der Waals surface area contributed by atoms with Gasteiger partial charge in [0.25, 0.3) is 0 Å². The first-order chi connectivity index (χ1) is 11.5. The van der Waals surface area contributed by atoms with Gasteiger partial charge in [0.05, 0.1) is 12.6 Å². The van der Waals surface area contributed by atoms with E-state index in [1.54, 1.807) is 0 Å². The van der Waals surface area contributed by atoms with Crippen molar-refractivity contribution in [3.8, 4) is 0 Å². The fourth-order valence-electron chi connectivity index (χ4n) is 2.65. The molecule has 4 nitrogen and oxygen atoms in total. The molecule has 0 saturated carbocycles. The molecule has 136 valence electrons. The van der Waals surface area contributed by atoms with Crippen LogP contribution in [0.15, 0.2) is 47.5 Å². The summed E-state index contributed by atoms with van der Waals surface area (Å²) in [7, 11) is 0. The van der Waals surface area contributed by atoms with Crippen LogP contribution in [0, 0.1) is 6.92 Å². The Labute approximate surface area is 167 Å². The van der Waals surface area contributed by atoms with E-state index in [2.05, 4.69) is 42.4 Å². The largest absolute Gasteiger partial charge is 0.386 e. The number of nitrogens with two attached hydrogens (primary N) is 1. The summed E-state index contributed by atoms with van der Waals surface area (Å²) in [5.41, 5.74) is 11.5. The van der Waals surface area contributed by atoms with E-state index in [9.17, 15) is 5.11 Å². The average molecular weight is 453 g/mol. The van der Waals surface area contributed by atoms with Gasteiger partial charge in [-0.15, -0.1) is 24.0 Å². The van der Waals surface area contributed by atoms with Gasteiger partial charge in [-0.1, -0.05) is 61.9 Å². The summed E-state index contributed by atoms with van der Waals surface area (Å²) < 4.78 is 0. The molecular weight excluding hydrogens is 425 g/mol. The summed E-state index contributed by atoms with van der Waals surface area (Å²) in [6.45, 7) is 6.49. The lowest BCUT2D eigenvalue weighted by Crippen LogP contribution is -2.25. The quantitative estimate of drug-likeness (QED) is 0.349. The number of aliphatic hydroxyl groups excluding tert-OH is 1. The minimum Gasteiger partial charge on any atom is -0.386 e. The highest BCUT2D eigenvalue weighted by molar-refractivity contribution is 14.0. The normalized spacial score (nSPS) is 12.4. The molecule has 0 spiro atoms. The lowest BCUT2D eigenvalue weighted by Gasteiger charge is -2.15. The van der Waals surface area contributed by atoms with Crippen molar-refractivity contribution >= 4 is 35.6 Å².